The lowest BCUT2D eigenvalue weighted by molar-refractivity contribution is -0.0953. The van der Waals surface area contributed by atoms with Crippen LogP contribution in [0.5, 0.6) is 11.5 Å². The van der Waals surface area contributed by atoms with Crippen LogP contribution < -0.4 is 15.0 Å². The standard InChI is InChI=1S/C57H62Cl2N7O9P/c1-38(2)66(39(3)4)76(73-33-11-31-60)75-49-34-50(65-37-63-51-52(65)61-36-62-53(51)67)74-54(49)64(55(68)69)35-56(40-14-22-45(58)23-15-40,41-16-24-46(59)25-17-41)30-10-32-72-57(42-12-8-7-9-13-42,43-18-26-47(70-5)27-19-43)44-20-28-48(71-6)29-21-44/h7-9,12-29,36-39,49-50,54H,10-11,30,32-35H2,1-6H3,(H,68,69)(H,61,62,67)/t49-,50-,54-,76?/m1/s1. The maximum Gasteiger partial charge on any atom is 0.409 e. The van der Waals surface area contributed by atoms with E-state index in [4.69, 9.17) is 51.2 Å². The topological polar surface area (TPSA) is 187 Å². The van der Waals surface area contributed by atoms with Crippen molar-refractivity contribution in [2.45, 2.75) is 95.0 Å². The van der Waals surface area contributed by atoms with Crippen molar-refractivity contribution < 1.29 is 37.9 Å². The number of hydrogen-bond donors (Lipinski definition) is 2. The van der Waals surface area contributed by atoms with Gasteiger partial charge in [-0.1, -0.05) is 102 Å². The molecule has 1 amide bonds. The summed E-state index contributed by atoms with van der Waals surface area (Å²) in [6, 6.07) is 42.5. The molecule has 2 aromatic heterocycles. The van der Waals surface area contributed by atoms with Crippen molar-refractivity contribution in [1.29, 1.82) is 5.26 Å². The largest absolute Gasteiger partial charge is 0.497 e. The molecule has 5 aromatic carbocycles. The smallest absolute Gasteiger partial charge is 0.409 e. The summed E-state index contributed by atoms with van der Waals surface area (Å²) in [5.74, 6) is 1.38. The van der Waals surface area contributed by atoms with Gasteiger partial charge in [0.2, 0.25) is 0 Å². The number of H-pyrrole nitrogens is 1. The number of rotatable bonds is 24. The molecule has 2 N–H and O–H groups in total. The van der Waals surface area contributed by atoms with Crippen LogP contribution in [0.15, 0.2) is 145 Å². The number of ether oxygens (including phenoxy) is 4. The van der Waals surface area contributed by atoms with Gasteiger partial charge in [-0.15, -0.1) is 0 Å². The molecule has 1 fully saturated rings. The third-order valence-electron chi connectivity index (χ3n) is 13.6. The number of halogens is 2. The van der Waals surface area contributed by atoms with E-state index in [2.05, 4.69) is 25.7 Å². The van der Waals surface area contributed by atoms with E-state index in [-0.39, 0.29) is 55.8 Å². The van der Waals surface area contributed by atoms with Crippen molar-refractivity contribution in [3.05, 3.63) is 188 Å². The zero-order chi connectivity index (χ0) is 54.0. The zero-order valence-electron chi connectivity index (χ0n) is 43.2. The molecule has 0 spiro atoms. The first kappa shape index (κ1) is 55.8. The molecule has 0 radical (unpaired) electrons. The minimum absolute atomic E-state index is 0.0615. The van der Waals surface area contributed by atoms with Gasteiger partial charge in [0.25, 0.3) is 14.1 Å². The fraction of sp³-hybridized carbons (Fsp3) is 0.351. The second-order valence-corrected chi connectivity index (χ2v) is 21.2. The number of benzene rings is 5. The lowest BCUT2D eigenvalue weighted by Crippen LogP contribution is -2.52. The molecule has 1 aliphatic rings. The highest BCUT2D eigenvalue weighted by molar-refractivity contribution is 7.44. The van der Waals surface area contributed by atoms with Gasteiger partial charge in [0, 0.05) is 47.1 Å². The Morgan fingerprint density at radius 3 is 1.91 bits per heavy atom. The summed E-state index contributed by atoms with van der Waals surface area (Å²) in [6.45, 7) is 8.22. The monoisotopic (exact) mass is 1090 g/mol. The minimum Gasteiger partial charge on any atom is -0.497 e. The summed E-state index contributed by atoms with van der Waals surface area (Å²) in [6.07, 6.45) is -0.676. The number of aromatic amines is 1. The Morgan fingerprint density at radius 1 is 0.829 bits per heavy atom. The number of nitrogens with zero attached hydrogens (tertiary/aromatic N) is 6. The first-order valence-electron chi connectivity index (χ1n) is 25.0. The van der Waals surface area contributed by atoms with Gasteiger partial charge >= 0.3 is 6.09 Å². The van der Waals surface area contributed by atoms with Crippen molar-refractivity contribution in [3.8, 4) is 17.6 Å². The quantitative estimate of drug-likeness (QED) is 0.0331. The molecule has 398 valence electrons. The van der Waals surface area contributed by atoms with Crippen LogP contribution in [0.2, 0.25) is 10.0 Å². The molecule has 0 bridgehead atoms. The molecule has 1 saturated heterocycles. The van der Waals surface area contributed by atoms with Gasteiger partial charge in [-0.3, -0.25) is 14.3 Å². The first-order valence-corrected chi connectivity index (χ1v) is 26.9. The summed E-state index contributed by atoms with van der Waals surface area (Å²) in [7, 11) is 1.36. The molecular weight excluding hydrogens is 1030 g/mol. The van der Waals surface area contributed by atoms with Crippen LogP contribution in [0.4, 0.5) is 4.79 Å². The third kappa shape index (κ3) is 12.1. The summed E-state index contributed by atoms with van der Waals surface area (Å²) >= 11 is 13.2. The van der Waals surface area contributed by atoms with Crippen LogP contribution >= 0.6 is 31.7 Å². The van der Waals surface area contributed by atoms with Crippen molar-refractivity contribution in [2.75, 3.05) is 34.0 Å². The van der Waals surface area contributed by atoms with Gasteiger partial charge in [-0.25, -0.2) is 19.4 Å². The molecular formula is C57H62Cl2N7O9P. The lowest BCUT2D eigenvalue weighted by atomic mass is 9.70. The van der Waals surface area contributed by atoms with Gasteiger partial charge in [0.05, 0.1) is 46.0 Å². The van der Waals surface area contributed by atoms with Crippen LogP contribution in [-0.4, -0.2) is 98.7 Å². The van der Waals surface area contributed by atoms with E-state index in [9.17, 15) is 20.0 Å². The predicted molar refractivity (Wildman–Crippen MR) is 293 cm³/mol. The van der Waals surface area contributed by atoms with E-state index in [1.165, 1.54) is 17.6 Å². The van der Waals surface area contributed by atoms with Gasteiger partial charge in [0.1, 0.15) is 29.4 Å². The molecule has 76 heavy (non-hydrogen) atoms. The van der Waals surface area contributed by atoms with Gasteiger partial charge in [-0.05, 0) is 117 Å². The third-order valence-corrected chi connectivity index (χ3v) is 16.3. The van der Waals surface area contributed by atoms with Gasteiger partial charge in [-0.2, -0.15) is 5.26 Å². The van der Waals surface area contributed by atoms with E-state index < -0.39 is 49.8 Å². The van der Waals surface area contributed by atoms with Crippen LogP contribution in [0.1, 0.15) is 87.4 Å². The normalized spacial score (nSPS) is 16.3. The number of carboxylic acid groups (broad SMARTS) is 1. The number of carbonyl (C=O) groups is 1. The maximum atomic E-state index is 14.4. The Morgan fingerprint density at radius 2 is 1.38 bits per heavy atom. The lowest BCUT2D eigenvalue weighted by Gasteiger charge is -2.43. The van der Waals surface area contributed by atoms with Crippen molar-refractivity contribution >= 4 is 49.0 Å². The Balaban J connectivity index is 1.24. The highest BCUT2D eigenvalue weighted by Gasteiger charge is 2.49. The number of methoxy groups -OCH3 is 2. The fourth-order valence-electron chi connectivity index (χ4n) is 10.1. The van der Waals surface area contributed by atoms with Crippen molar-refractivity contribution in [3.63, 3.8) is 0 Å². The predicted octanol–water partition coefficient (Wildman–Crippen LogP) is 12.1. The zero-order valence-corrected chi connectivity index (χ0v) is 45.6. The number of aromatic nitrogens is 4. The number of imidazole rings is 1. The van der Waals surface area contributed by atoms with Crippen LogP contribution in [0.25, 0.3) is 11.2 Å². The minimum atomic E-state index is -1.90. The number of nitriles is 1. The molecule has 8 rings (SSSR count). The number of fused-ring (bicyclic) bond motifs is 1. The Labute approximate surface area is 454 Å². The summed E-state index contributed by atoms with van der Waals surface area (Å²) in [5, 5.41) is 22.2. The Hall–Kier alpha value is -6.38. The van der Waals surface area contributed by atoms with Crippen molar-refractivity contribution in [2.24, 2.45) is 0 Å². The van der Waals surface area contributed by atoms with Crippen LogP contribution in [0, 0.1) is 11.3 Å². The summed E-state index contributed by atoms with van der Waals surface area (Å²) < 4.78 is 42.6. The maximum absolute atomic E-state index is 14.4. The molecule has 16 nitrogen and oxygen atoms in total. The molecule has 19 heteroatoms. The number of nitrogens with one attached hydrogen (secondary N) is 1. The second kappa shape index (κ2) is 25.2. The molecule has 3 heterocycles. The van der Waals surface area contributed by atoms with Gasteiger partial charge < -0.3 is 38.1 Å². The Kier molecular flexibility index (Phi) is 18.5. The SMILES string of the molecule is COc1ccc(C(OCCCC(CN(C(=O)O)[C@@H]2O[C@@H](n3cnc4c(=O)[nH]cnc43)C[C@H]2OP(OCCC#N)N(C(C)C)C(C)C)(c2ccc(Cl)cc2)c2ccc(Cl)cc2)(c2ccccc2)c2ccc(OC)cc2)cc1. The van der Waals surface area contributed by atoms with Crippen molar-refractivity contribution in [1.82, 2.24) is 29.1 Å². The van der Waals surface area contributed by atoms with E-state index >= 15 is 0 Å². The molecule has 0 aliphatic carbocycles. The molecule has 7 aromatic rings. The van der Waals surface area contributed by atoms with E-state index in [0.717, 1.165) is 27.8 Å². The molecule has 4 atom stereocenters. The number of hydrogen-bond acceptors (Lipinski definition) is 12. The second-order valence-electron chi connectivity index (χ2n) is 18.9. The van der Waals surface area contributed by atoms with Gasteiger partial charge in [0.15, 0.2) is 17.4 Å². The van der Waals surface area contributed by atoms with E-state index in [1.807, 2.05) is 131 Å². The number of amides is 1. The van der Waals surface area contributed by atoms with E-state index in [0.29, 0.717) is 34.4 Å². The van der Waals surface area contributed by atoms with E-state index in [1.54, 1.807) is 43.1 Å². The average Bonchev–Trinajstić information content (AvgIpc) is 4.05. The Bertz CT molecular complexity index is 3000. The average molecular weight is 1090 g/mol. The first-order chi connectivity index (χ1) is 36.7. The molecule has 0 saturated carbocycles. The fourth-order valence-corrected chi connectivity index (χ4v) is 12.1. The van der Waals surface area contributed by atoms with Crippen LogP contribution in [0.3, 0.4) is 0 Å². The summed E-state index contributed by atoms with van der Waals surface area (Å²) in [5.41, 5.74) is 1.81. The molecule has 1 unspecified atom stereocenters. The van der Waals surface area contributed by atoms with Crippen LogP contribution in [-0.2, 0) is 29.5 Å². The highest BCUT2D eigenvalue weighted by Crippen LogP contribution is 2.51. The molecule has 1 aliphatic heterocycles. The summed E-state index contributed by atoms with van der Waals surface area (Å²) in [4.78, 5) is 39.9. The highest BCUT2D eigenvalue weighted by atomic mass is 35.5.